The molecule has 3 N–H and O–H groups in total. The predicted molar refractivity (Wildman–Crippen MR) is 77.1 cm³/mol. The molecule has 3 nitrogen and oxygen atoms in total. The summed E-state index contributed by atoms with van der Waals surface area (Å²) in [6, 6.07) is 5.77. The SMILES string of the molecule is CCC1(CNc2cc(OC)ccc2N)CCCC1. The summed E-state index contributed by atoms with van der Waals surface area (Å²) in [5.41, 5.74) is 8.25. The van der Waals surface area contributed by atoms with Crippen molar-refractivity contribution >= 4 is 11.4 Å². The van der Waals surface area contributed by atoms with Crippen LogP contribution in [0.1, 0.15) is 39.0 Å². The zero-order chi connectivity index (χ0) is 13.0. The molecule has 1 fully saturated rings. The molecule has 3 heteroatoms. The molecule has 1 aromatic carbocycles. The third kappa shape index (κ3) is 2.71. The highest BCUT2D eigenvalue weighted by molar-refractivity contribution is 5.68. The fourth-order valence-electron chi connectivity index (χ4n) is 2.88. The first-order valence-corrected chi connectivity index (χ1v) is 6.86. The Kier molecular flexibility index (Phi) is 4.00. The van der Waals surface area contributed by atoms with Crippen LogP contribution in [0.4, 0.5) is 11.4 Å². The second kappa shape index (κ2) is 5.51. The van der Waals surface area contributed by atoms with Gasteiger partial charge in [0.1, 0.15) is 5.75 Å². The molecular formula is C15H24N2O. The molecule has 1 aliphatic rings. The Labute approximate surface area is 110 Å². The lowest BCUT2D eigenvalue weighted by molar-refractivity contribution is 0.307. The summed E-state index contributed by atoms with van der Waals surface area (Å²) in [5, 5.41) is 3.52. The number of nitrogens with one attached hydrogen (secondary N) is 1. The van der Waals surface area contributed by atoms with Gasteiger partial charge in [0.15, 0.2) is 0 Å². The van der Waals surface area contributed by atoms with E-state index in [4.69, 9.17) is 10.5 Å². The Morgan fingerprint density at radius 2 is 2.06 bits per heavy atom. The predicted octanol–water partition coefficient (Wildman–Crippen LogP) is 3.66. The molecule has 0 amide bonds. The number of rotatable bonds is 5. The molecule has 0 aromatic heterocycles. The zero-order valence-corrected chi connectivity index (χ0v) is 11.5. The highest BCUT2D eigenvalue weighted by Gasteiger charge is 2.31. The van der Waals surface area contributed by atoms with Gasteiger partial charge >= 0.3 is 0 Å². The lowest BCUT2D eigenvalue weighted by atomic mass is 9.83. The Morgan fingerprint density at radius 3 is 2.67 bits per heavy atom. The first-order valence-electron chi connectivity index (χ1n) is 6.86. The van der Waals surface area contributed by atoms with E-state index < -0.39 is 0 Å². The maximum atomic E-state index is 6.00. The first kappa shape index (κ1) is 13.1. The fraction of sp³-hybridized carbons (Fsp3) is 0.600. The quantitative estimate of drug-likeness (QED) is 0.782. The summed E-state index contributed by atoms with van der Waals surface area (Å²) in [6.07, 6.45) is 6.64. The van der Waals surface area contributed by atoms with E-state index in [0.29, 0.717) is 5.41 Å². The van der Waals surface area contributed by atoms with E-state index in [-0.39, 0.29) is 0 Å². The van der Waals surface area contributed by atoms with Crippen LogP contribution in [0.2, 0.25) is 0 Å². The van der Waals surface area contributed by atoms with E-state index in [0.717, 1.165) is 23.7 Å². The van der Waals surface area contributed by atoms with Crippen LogP contribution in [-0.4, -0.2) is 13.7 Å². The molecule has 1 saturated carbocycles. The first-order chi connectivity index (χ1) is 8.69. The molecule has 0 radical (unpaired) electrons. The third-order valence-corrected chi connectivity index (χ3v) is 4.33. The van der Waals surface area contributed by atoms with Crippen LogP contribution in [-0.2, 0) is 0 Å². The Morgan fingerprint density at radius 1 is 1.33 bits per heavy atom. The molecule has 1 aromatic rings. The maximum Gasteiger partial charge on any atom is 0.121 e. The Hall–Kier alpha value is -1.38. The highest BCUT2D eigenvalue weighted by Crippen LogP contribution is 2.41. The molecule has 18 heavy (non-hydrogen) atoms. The molecule has 2 rings (SSSR count). The van der Waals surface area contributed by atoms with Gasteiger partial charge in [-0.25, -0.2) is 0 Å². The van der Waals surface area contributed by atoms with Crippen molar-refractivity contribution in [3.05, 3.63) is 18.2 Å². The molecule has 0 aliphatic heterocycles. The number of nitrogen functional groups attached to an aromatic ring is 1. The molecular weight excluding hydrogens is 224 g/mol. The topological polar surface area (TPSA) is 47.3 Å². The molecule has 0 bridgehead atoms. The van der Waals surface area contributed by atoms with E-state index in [1.165, 1.54) is 32.1 Å². The van der Waals surface area contributed by atoms with Crippen molar-refractivity contribution in [2.24, 2.45) is 5.41 Å². The van der Waals surface area contributed by atoms with Crippen LogP contribution in [0.3, 0.4) is 0 Å². The summed E-state index contributed by atoms with van der Waals surface area (Å²) in [6.45, 7) is 3.31. The van der Waals surface area contributed by atoms with E-state index in [1.807, 2.05) is 18.2 Å². The molecule has 0 spiro atoms. The molecule has 100 valence electrons. The largest absolute Gasteiger partial charge is 0.497 e. The smallest absolute Gasteiger partial charge is 0.121 e. The van der Waals surface area contributed by atoms with E-state index in [9.17, 15) is 0 Å². The minimum Gasteiger partial charge on any atom is -0.497 e. The van der Waals surface area contributed by atoms with Crippen molar-refractivity contribution in [3.63, 3.8) is 0 Å². The van der Waals surface area contributed by atoms with Gasteiger partial charge in [0.25, 0.3) is 0 Å². The van der Waals surface area contributed by atoms with E-state index >= 15 is 0 Å². The van der Waals surface area contributed by atoms with Crippen molar-refractivity contribution in [2.75, 3.05) is 24.7 Å². The Balaban J connectivity index is 2.05. The van der Waals surface area contributed by atoms with E-state index in [2.05, 4.69) is 12.2 Å². The summed E-state index contributed by atoms with van der Waals surface area (Å²) in [7, 11) is 1.68. The lowest BCUT2D eigenvalue weighted by Crippen LogP contribution is -2.26. The number of hydrogen-bond acceptors (Lipinski definition) is 3. The number of benzene rings is 1. The monoisotopic (exact) mass is 248 g/mol. The van der Waals surface area contributed by atoms with Crippen molar-refractivity contribution in [1.82, 2.24) is 0 Å². The average Bonchev–Trinajstić information content (AvgIpc) is 2.87. The molecule has 0 heterocycles. The van der Waals surface area contributed by atoms with Gasteiger partial charge in [-0.1, -0.05) is 19.8 Å². The van der Waals surface area contributed by atoms with Gasteiger partial charge in [-0.3, -0.25) is 0 Å². The van der Waals surface area contributed by atoms with Gasteiger partial charge in [-0.15, -0.1) is 0 Å². The van der Waals surface area contributed by atoms with E-state index in [1.54, 1.807) is 7.11 Å². The van der Waals surface area contributed by atoms with Gasteiger partial charge in [0, 0.05) is 12.6 Å². The number of hydrogen-bond donors (Lipinski definition) is 2. The number of nitrogens with two attached hydrogens (primary N) is 1. The van der Waals surface area contributed by atoms with Crippen LogP contribution >= 0.6 is 0 Å². The van der Waals surface area contributed by atoms with Crippen LogP contribution in [0.25, 0.3) is 0 Å². The minimum absolute atomic E-state index is 0.468. The third-order valence-electron chi connectivity index (χ3n) is 4.33. The number of ether oxygens (including phenoxy) is 1. The average molecular weight is 248 g/mol. The van der Waals surface area contributed by atoms with Gasteiger partial charge in [0.05, 0.1) is 18.5 Å². The van der Waals surface area contributed by atoms with Gasteiger partial charge < -0.3 is 15.8 Å². The van der Waals surface area contributed by atoms with Crippen LogP contribution < -0.4 is 15.8 Å². The Bertz CT molecular complexity index is 397. The highest BCUT2D eigenvalue weighted by atomic mass is 16.5. The van der Waals surface area contributed by atoms with Crippen molar-refractivity contribution in [3.8, 4) is 5.75 Å². The van der Waals surface area contributed by atoms with Gasteiger partial charge in [-0.05, 0) is 36.8 Å². The van der Waals surface area contributed by atoms with Crippen LogP contribution in [0.15, 0.2) is 18.2 Å². The summed E-state index contributed by atoms with van der Waals surface area (Å²) >= 11 is 0. The van der Waals surface area contributed by atoms with Crippen molar-refractivity contribution in [1.29, 1.82) is 0 Å². The molecule has 0 atom stereocenters. The zero-order valence-electron chi connectivity index (χ0n) is 11.5. The molecule has 0 unspecified atom stereocenters. The minimum atomic E-state index is 0.468. The summed E-state index contributed by atoms with van der Waals surface area (Å²) < 4.78 is 5.24. The maximum absolute atomic E-state index is 6.00. The van der Waals surface area contributed by atoms with Crippen LogP contribution in [0.5, 0.6) is 5.75 Å². The second-order valence-electron chi connectivity index (χ2n) is 5.37. The number of anilines is 2. The van der Waals surface area contributed by atoms with Crippen molar-refractivity contribution < 1.29 is 4.74 Å². The van der Waals surface area contributed by atoms with Crippen molar-refractivity contribution in [2.45, 2.75) is 39.0 Å². The lowest BCUT2D eigenvalue weighted by Gasteiger charge is -2.28. The van der Waals surface area contributed by atoms with Gasteiger partial charge in [0.2, 0.25) is 0 Å². The van der Waals surface area contributed by atoms with Crippen LogP contribution in [0, 0.1) is 5.41 Å². The molecule has 0 saturated heterocycles. The number of methoxy groups -OCH3 is 1. The normalized spacial score (nSPS) is 17.7. The summed E-state index contributed by atoms with van der Waals surface area (Å²) in [4.78, 5) is 0. The molecule has 1 aliphatic carbocycles. The van der Waals surface area contributed by atoms with Gasteiger partial charge in [-0.2, -0.15) is 0 Å². The standard InChI is InChI=1S/C15H24N2O/c1-3-15(8-4-5-9-15)11-17-14-10-12(18-2)6-7-13(14)16/h6-7,10,17H,3-5,8-9,11,16H2,1-2H3. The second-order valence-corrected chi connectivity index (χ2v) is 5.37. The summed E-state index contributed by atoms with van der Waals surface area (Å²) in [5.74, 6) is 0.851. The fourth-order valence-corrected chi connectivity index (χ4v) is 2.88.